The maximum atomic E-state index is 11.8. The molecule has 0 aliphatic heterocycles. The van der Waals surface area contributed by atoms with Crippen molar-refractivity contribution in [1.29, 1.82) is 0 Å². The van der Waals surface area contributed by atoms with E-state index >= 15 is 0 Å². The summed E-state index contributed by atoms with van der Waals surface area (Å²) in [6, 6.07) is 0. The summed E-state index contributed by atoms with van der Waals surface area (Å²) in [5.74, 6) is 0.917. The van der Waals surface area contributed by atoms with Gasteiger partial charge in [-0.1, -0.05) is 6.92 Å². The molecule has 0 radical (unpaired) electrons. The van der Waals surface area contributed by atoms with Crippen LogP contribution in [0.25, 0.3) is 0 Å². The third-order valence-electron chi connectivity index (χ3n) is 0.820. The molecule has 10 heavy (non-hydrogen) atoms. The van der Waals surface area contributed by atoms with Crippen molar-refractivity contribution >= 4 is 22.0 Å². The molecule has 0 unspecified atom stereocenters. The largest absolute Gasteiger partial charge is 0.303 e. The summed E-state index contributed by atoms with van der Waals surface area (Å²) in [4.78, 5) is 0. The van der Waals surface area contributed by atoms with Gasteiger partial charge in [-0.3, -0.25) is 0 Å². The molecule has 0 fully saturated rings. The van der Waals surface area contributed by atoms with E-state index in [9.17, 15) is 12.3 Å². The van der Waals surface area contributed by atoms with Gasteiger partial charge in [0.1, 0.15) is 0 Å². The van der Waals surface area contributed by atoms with Crippen molar-refractivity contribution in [3.8, 4) is 0 Å². The Morgan fingerprint density at radius 2 is 2.00 bits per heavy atom. The van der Waals surface area contributed by atoms with E-state index in [1.54, 1.807) is 0 Å². The molecule has 0 bridgehead atoms. The maximum Gasteiger partial charge on any atom is 0.303 e. The zero-order valence-electron chi connectivity index (χ0n) is 5.84. The quantitative estimate of drug-likeness (QED) is 0.481. The van der Waals surface area contributed by atoms with E-state index in [1.165, 1.54) is 11.8 Å². The van der Waals surface area contributed by atoms with Gasteiger partial charge in [-0.25, -0.2) is 0 Å². The van der Waals surface area contributed by atoms with Crippen LogP contribution in [0.5, 0.6) is 0 Å². The van der Waals surface area contributed by atoms with Crippen molar-refractivity contribution in [2.75, 3.05) is 17.3 Å². The first-order chi connectivity index (χ1) is 4.56. The Bertz CT molecular complexity index is 164. The molecular formula is C5H11FO2S2. The van der Waals surface area contributed by atoms with Gasteiger partial charge in [0.25, 0.3) is 0 Å². The summed E-state index contributed by atoms with van der Waals surface area (Å²) in [5.41, 5.74) is 0. The summed E-state index contributed by atoms with van der Waals surface area (Å²) >= 11 is 1.46. The Morgan fingerprint density at radius 1 is 1.40 bits per heavy atom. The minimum Gasteiger partial charge on any atom is -0.195 e. The lowest BCUT2D eigenvalue weighted by atomic mass is 10.6. The first-order valence-electron chi connectivity index (χ1n) is 3.06. The molecular weight excluding hydrogens is 175 g/mol. The lowest BCUT2D eigenvalue weighted by Gasteiger charge is -1.94. The molecule has 0 aromatic carbocycles. The van der Waals surface area contributed by atoms with E-state index < -0.39 is 10.2 Å². The van der Waals surface area contributed by atoms with E-state index in [0.717, 1.165) is 12.2 Å². The fraction of sp³-hybridized carbons (Fsp3) is 1.00. The van der Waals surface area contributed by atoms with Gasteiger partial charge in [-0.05, 0) is 12.2 Å². The normalized spacial score (nSPS) is 11.8. The molecule has 5 heteroatoms. The number of rotatable bonds is 5. The molecule has 0 aliphatic carbocycles. The van der Waals surface area contributed by atoms with Crippen LogP contribution in [0.3, 0.4) is 0 Å². The van der Waals surface area contributed by atoms with Gasteiger partial charge in [-0.15, -0.1) is 3.89 Å². The summed E-state index contributed by atoms with van der Waals surface area (Å²) in [7, 11) is -4.23. The number of thioether (sulfide) groups is 1. The smallest absolute Gasteiger partial charge is 0.195 e. The zero-order valence-corrected chi connectivity index (χ0v) is 7.47. The van der Waals surface area contributed by atoms with Gasteiger partial charge >= 0.3 is 10.2 Å². The second kappa shape index (κ2) is 4.96. The average Bonchev–Trinajstić information content (AvgIpc) is 1.78. The van der Waals surface area contributed by atoms with Gasteiger partial charge in [0.15, 0.2) is 0 Å². The van der Waals surface area contributed by atoms with E-state index in [4.69, 9.17) is 0 Å². The van der Waals surface area contributed by atoms with E-state index in [0.29, 0.717) is 5.75 Å². The van der Waals surface area contributed by atoms with Gasteiger partial charge in [0, 0.05) is 5.75 Å². The van der Waals surface area contributed by atoms with E-state index in [2.05, 4.69) is 0 Å². The van der Waals surface area contributed by atoms with Crippen molar-refractivity contribution in [2.24, 2.45) is 0 Å². The average molecular weight is 186 g/mol. The molecule has 0 saturated carbocycles. The summed E-state index contributed by atoms with van der Waals surface area (Å²) in [6.45, 7) is 2.00. The molecule has 62 valence electrons. The van der Waals surface area contributed by atoms with E-state index in [1.807, 2.05) is 6.92 Å². The predicted octanol–water partition coefficient (Wildman–Crippen LogP) is 1.43. The minimum atomic E-state index is -4.23. The van der Waals surface area contributed by atoms with Gasteiger partial charge < -0.3 is 0 Å². The monoisotopic (exact) mass is 186 g/mol. The molecule has 2 nitrogen and oxygen atoms in total. The van der Waals surface area contributed by atoms with Gasteiger partial charge in [0.2, 0.25) is 0 Å². The molecule has 0 aromatic rings. The van der Waals surface area contributed by atoms with Crippen molar-refractivity contribution in [1.82, 2.24) is 0 Å². The van der Waals surface area contributed by atoms with Crippen LogP contribution < -0.4 is 0 Å². The zero-order chi connectivity index (χ0) is 8.04. The van der Waals surface area contributed by atoms with Crippen LogP contribution in [0.4, 0.5) is 3.89 Å². The Balaban J connectivity index is 3.21. The molecule has 0 N–H and O–H groups in total. The number of hydrogen-bond donors (Lipinski definition) is 0. The molecule has 0 amide bonds. The van der Waals surface area contributed by atoms with Crippen LogP contribution in [0.2, 0.25) is 0 Å². The van der Waals surface area contributed by atoms with Crippen molar-refractivity contribution in [3.05, 3.63) is 0 Å². The molecule has 0 aromatic heterocycles. The highest BCUT2D eigenvalue weighted by Crippen LogP contribution is 2.03. The second-order valence-corrected chi connectivity index (χ2v) is 4.57. The predicted molar refractivity (Wildman–Crippen MR) is 42.5 cm³/mol. The third kappa shape index (κ3) is 8.23. The van der Waals surface area contributed by atoms with Crippen LogP contribution in [0.15, 0.2) is 0 Å². The van der Waals surface area contributed by atoms with Crippen LogP contribution in [0, 0.1) is 0 Å². The van der Waals surface area contributed by atoms with Crippen molar-refractivity contribution in [2.45, 2.75) is 13.3 Å². The van der Waals surface area contributed by atoms with E-state index in [-0.39, 0.29) is 5.75 Å². The summed E-state index contributed by atoms with van der Waals surface area (Å²) in [6.07, 6.45) is 0.997. The Hall–Kier alpha value is 0.230. The summed E-state index contributed by atoms with van der Waals surface area (Å²) < 4.78 is 31.6. The number of halogens is 1. The minimum absolute atomic E-state index is 0.350. The highest BCUT2D eigenvalue weighted by atomic mass is 32.3. The fourth-order valence-corrected chi connectivity index (χ4v) is 2.17. The third-order valence-corrected chi connectivity index (χ3v) is 2.96. The first kappa shape index (κ1) is 10.2. The Kier molecular flexibility index (Phi) is 5.07. The highest BCUT2D eigenvalue weighted by molar-refractivity contribution is 8.00. The van der Waals surface area contributed by atoms with Crippen molar-refractivity contribution in [3.63, 3.8) is 0 Å². The Morgan fingerprint density at radius 3 is 2.40 bits per heavy atom. The van der Waals surface area contributed by atoms with Crippen LogP contribution in [-0.2, 0) is 10.2 Å². The van der Waals surface area contributed by atoms with Crippen LogP contribution in [0.1, 0.15) is 13.3 Å². The molecule has 0 heterocycles. The van der Waals surface area contributed by atoms with Gasteiger partial charge in [-0.2, -0.15) is 20.2 Å². The second-order valence-electron chi connectivity index (χ2n) is 1.86. The van der Waals surface area contributed by atoms with Crippen LogP contribution >= 0.6 is 11.8 Å². The standard InChI is InChI=1S/C5H11FO2S2/c1-2-3-9-4-5-10(6,7)8/h2-5H2,1H3. The molecule has 0 aliphatic rings. The lowest BCUT2D eigenvalue weighted by Crippen LogP contribution is -2.01. The molecule has 0 rings (SSSR count). The molecule has 0 saturated heterocycles. The SMILES string of the molecule is CCCSCCS(=O)(=O)F. The molecule has 0 atom stereocenters. The number of hydrogen-bond acceptors (Lipinski definition) is 3. The van der Waals surface area contributed by atoms with Gasteiger partial charge in [0.05, 0.1) is 5.75 Å². The first-order valence-corrected chi connectivity index (χ1v) is 5.77. The fourth-order valence-electron chi connectivity index (χ4n) is 0.405. The lowest BCUT2D eigenvalue weighted by molar-refractivity contribution is 0.554. The van der Waals surface area contributed by atoms with Crippen molar-refractivity contribution < 1.29 is 12.3 Å². The maximum absolute atomic E-state index is 11.8. The van der Waals surface area contributed by atoms with Crippen LogP contribution in [-0.4, -0.2) is 25.7 Å². The highest BCUT2D eigenvalue weighted by Gasteiger charge is 2.04. The topological polar surface area (TPSA) is 34.1 Å². The summed E-state index contributed by atoms with van der Waals surface area (Å²) in [5, 5.41) is 0. The Labute approximate surface area is 65.4 Å². The molecule has 0 spiro atoms.